The van der Waals surface area contributed by atoms with E-state index < -0.39 is 0 Å². The highest BCUT2D eigenvalue weighted by Crippen LogP contribution is 2.18. The average Bonchev–Trinajstić information content (AvgIpc) is 2.59. The Morgan fingerprint density at radius 2 is 2.00 bits per heavy atom. The van der Waals surface area contributed by atoms with Crippen LogP contribution in [0.15, 0.2) is 23.3 Å². The molecule has 1 fully saturated rings. The first-order valence-corrected chi connectivity index (χ1v) is 8.46. The maximum atomic E-state index is 12.4. The standard InChI is InChI=1S/C17H24N6O/c1-4-22-10-7-18-16(17(22)24)23-8-5-14(6-9-23)19-15-11-12(2)13(3)20-21-15/h7,10-11,14H,4-6,8-9H2,1-3H3,(H,19,21). The zero-order valence-electron chi connectivity index (χ0n) is 14.5. The van der Waals surface area contributed by atoms with Crippen LogP contribution in [0.5, 0.6) is 0 Å². The van der Waals surface area contributed by atoms with Crippen molar-refractivity contribution in [2.45, 2.75) is 46.2 Å². The van der Waals surface area contributed by atoms with Crippen LogP contribution in [-0.4, -0.2) is 38.9 Å². The van der Waals surface area contributed by atoms with Crippen molar-refractivity contribution in [3.8, 4) is 0 Å². The lowest BCUT2D eigenvalue weighted by Gasteiger charge is -2.33. The van der Waals surface area contributed by atoms with Crippen LogP contribution >= 0.6 is 0 Å². The number of hydrogen-bond donors (Lipinski definition) is 1. The van der Waals surface area contributed by atoms with Gasteiger partial charge < -0.3 is 14.8 Å². The van der Waals surface area contributed by atoms with Crippen molar-refractivity contribution in [2.24, 2.45) is 0 Å². The molecule has 2 aromatic rings. The van der Waals surface area contributed by atoms with Crippen molar-refractivity contribution < 1.29 is 0 Å². The van der Waals surface area contributed by atoms with E-state index >= 15 is 0 Å². The fourth-order valence-corrected chi connectivity index (χ4v) is 2.96. The summed E-state index contributed by atoms with van der Waals surface area (Å²) in [5, 5.41) is 11.8. The molecule has 1 saturated heterocycles. The average molecular weight is 328 g/mol. The first kappa shape index (κ1) is 16.4. The summed E-state index contributed by atoms with van der Waals surface area (Å²) < 4.78 is 1.69. The maximum Gasteiger partial charge on any atom is 0.293 e. The number of nitrogens with one attached hydrogen (secondary N) is 1. The molecule has 2 aromatic heterocycles. The van der Waals surface area contributed by atoms with Crippen molar-refractivity contribution in [3.63, 3.8) is 0 Å². The molecule has 1 aliphatic rings. The van der Waals surface area contributed by atoms with Gasteiger partial charge in [0, 0.05) is 38.1 Å². The fourth-order valence-electron chi connectivity index (χ4n) is 2.96. The van der Waals surface area contributed by atoms with E-state index in [1.807, 2.05) is 26.8 Å². The highest BCUT2D eigenvalue weighted by Gasteiger charge is 2.22. The first-order valence-electron chi connectivity index (χ1n) is 8.46. The van der Waals surface area contributed by atoms with Crippen LogP contribution < -0.4 is 15.8 Å². The van der Waals surface area contributed by atoms with Crippen LogP contribution in [0.25, 0.3) is 0 Å². The van der Waals surface area contributed by atoms with Crippen molar-refractivity contribution in [1.29, 1.82) is 0 Å². The minimum Gasteiger partial charge on any atom is -0.366 e. The molecule has 0 unspecified atom stereocenters. The first-order chi connectivity index (χ1) is 11.6. The Morgan fingerprint density at radius 3 is 2.67 bits per heavy atom. The predicted molar refractivity (Wildman–Crippen MR) is 94.5 cm³/mol. The second-order valence-corrected chi connectivity index (χ2v) is 6.25. The third kappa shape index (κ3) is 3.39. The third-order valence-corrected chi connectivity index (χ3v) is 4.61. The van der Waals surface area contributed by atoms with Crippen LogP contribution in [0.3, 0.4) is 0 Å². The highest BCUT2D eigenvalue weighted by molar-refractivity contribution is 5.40. The van der Waals surface area contributed by atoms with Gasteiger partial charge in [-0.15, -0.1) is 5.10 Å². The van der Waals surface area contributed by atoms with E-state index in [9.17, 15) is 4.79 Å². The molecule has 24 heavy (non-hydrogen) atoms. The maximum absolute atomic E-state index is 12.4. The molecule has 0 aliphatic carbocycles. The number of anilines is 2. The third-order valence-electron chi connectivity index (χ3n) is 4.61. The van der Waals surface area contributed by atoms with Crippen LogP contribution in [0, 0.1) is 13.8 Å². The monoisotopic (exact) mass is 328 g/mol. The van der Waals surface area contributed by atoms with Crippen LogP contribution in [0.2, 0.25) is 0 Å². The minimum absolute atomic E-state index is 0.00793. The zero-order chi connectivity index (χ0) is 17.1. The lowest BCUT2D eigenvalue weighted by Crippen LogP contribution is -2.42. The van der Waals surface area contributed by atoms with Gasteiger partial charge in [-0.05, 0) is 45.2 Å². The van der Waals surface area contributed by atoms with E-state index in [0.717, 1.165) is 43.0 Å². The Bertz CT molecular complexity index is 764. The molecule has 0 atom stereocenters. The lowest BCUT2D eigenvalue weighted by molar-refractivity contribution is 0.518. The number of aryl methyl sites for hydroxylation is 3. The number of rotatable bonds is 4. The van der Waals surface area contributed by atoms with Gasteiger partial charge in [0.25, 0.3) is 5.56 Å². The smallest absolute Gasteiger partial charge is 0.293 e. The zero-order valence-corrected chi connectivity index (χ0v) is 14.5. The molecule has 0 amide bonds. The summed E-state index contributed by atoms with van der Waals surface area (Å²) in [6.45, 7) is 8.25. The molecular weight excluding hydrogens is 304 g/mol. The molecule has 0 spiro atoms. The molecule has 1 N–H and O–H groups in total. The van der Waals surface area contributed by atoms with Gasteiger partial charge in [0.2, 0.25) is 0 Å². The molecule has 0 radical (unpaired) electrons. The Kier molecular flexibility index (Phi) is 4.78. The molecular formula is C17H24N6O. The largest absolute Gasteiger partial charge is 0.366 e. The molecule has 7 heteroatoms. The summed E-state index contributed by atoms with van der Waals surface area (Å²) in [4.78, 5) is 18.7. The van der Waals surface area contributed by atoms with E-state index in [1.165, 1.54) is 0 Å². The van der Waals surface area contributed by atoms with Gasteiger partial charge in [-0.2, -0.15) is 5.10 Å². The van der Waals surface area contributed by atoms with Gasteiger partial charge in [-0.1, -0.05) is 0 Å². The van der Waals surface area contributed by atoms with Crippen molar-refractivity contribution >= 4 is 11.6 Å². The number of aromatic nitrogens is 4. The van der Waals surface area contributed by atoms with Crippen LogP contribution in [-0.2, 0) is 6.54 Å². The van der Waals surface area contributed by atoms with Crippen LogP contribution in [0.4, 0.5) is 11.6 Å². The van der Waals surface area contributed by atoms with E-state index in [1.54, 1.807) is 17.0 Å². The molecule has 7 nitrogen and oxygen atoms in total. The number of piperidine rings is 1. The second kappa shape index (κ2) is 6.98. The Hall–Kier alpha value is -2.44. The van der Waals surface area contributed by atoms with Gasteiger partial charge in [0.15, 0.2) is 5.82 Å². The van der Waals surface area contributed by atoms with E-state index in [0.29, 0.717) is 18.4 Å². The summed E-state index contributed by atoms with van der Waals surface area (Å²) in [7, 11) is 0. The van der Waals surface area contributed by atoms with Gasteiger partial charge in [-0.3, -0.25) is 4.79 Å². The molecule has 0 saturated carbocycles. The SMILES string of the molecule is CCn1ccnc(N2CCC(Nc3cc(C)c(C)nn3)CC2)c1=O. The minimum atomic E-state index is -0.00793. The van der Waals surface area contributed by atoms with E-state index in [-0.39, 0.29) is 5.56 Å². The van der Waals surface area contributed by atoms with Gasteiger partial charge >= 0.3 is 0 Å². The van der Waals surface area contributed by atoms with Gasteiger partial charge in [0.1, 0.15) is 5.82 Å². The summed E-state index contributed by atoms with van der Waals surface area (Å²) in [5.74, 6) is 1.38. The molecule has 0 aromatic carbocycles. The normalized spacial score (nSPS) is 15.5. The molecule has 3 heterocycles. The topological polar surface area (TPSA) is 75.9 Å². The van der Waals surface area contributed by atoms with Gasteiger partial charge in [0.05, 0.1) is 5.69 Å². The van der Waals surface area contributed by atoms with Crippen molar-refractivity contribution in [2.75, 3.05) is 23.3 Å². The molecule has 1 aliphatic heterocycles. The quantitative estimate of drug-likeness (QED) is 0.921. The highest BCUT2D eigenvalue weighted by atomic mass is 16.1. The second-order valence-electron chi connectivity index (χ2n) is 6.25. The summed E-state index contributed by atoms with van der Waals surface area (Å²) in [6.07, 6.45) is 5.32. The predicted octanol–water partition coefficient (Wildman–Crippen LogP) is 1.75. The fraction of sp³-hybridized carbons (Fsp3) is 0.529. The lowest BCUT2D eigenvalue weighted by atomic mass is 10.0. The molecule has 128 valence electrons. The van der Waals surface area contributed by atoms with Crippen molar-refractivity contribution in [3.05, 3.63) is 40.1 Å². The molecule has 3 rings (SSSR count). The Morgan fingerprint density at radius 1 is 1.25 bits per heavy atom. The Balaban J connectivity index is 1.63. The summed E-state index contributed by atoms with van der Waals surface area (Å²) in [6, 6.07) is 2.38. The number of hydrogen-bond acceptors (Lipinski definition) is 6. The number of nitrogens with zero attached hydrogens (tertiary/aromatic N) is 5. The van der Waals surface area contributed by atoms with E-state index in [4.69, 9.17) is 0 Å². The Labute approximate surface area is 141 Å². The summed E-state index contributed by atoms with van der Waals surface area (Å²) in [5.41, 5.74) is 2.09. The van der Waals surface area contributed by atoms with Gasteiger partial charge in [-0.25, -0.2) is 4.98 Å². The summed E-state index contributed by atoms with van der Waals surface area (Å²) >= 11 is 0. The van der Waals surface area contributed by atoms with Crippen molar-refractivity contribution in [1.82, 2.24) is 19.7 Å². The molecule has 0 bridgehead atoms. The van der Waals surface area contributed by atoms with E-state index in [2.05, 4.69) is 25.4 Å². The van der Waals surface area contributed by atoms with Crippen LogP contribution in [0.1, 0.15) is 31.0 Å².